The van der Waals surface area contributed by atoms with Crippen molar-refractivity contribution in [3.05, 3.63) is 42.7 Å². The van der Waals surface area contributed by atoms with Crippen LogP contribution in [-0.2, 0) is 0 Å². The molecule has 0 unspecified atom stereocenters. The minimum Gasteiger partial charge on any atom is -0.369 e. The van der Waals surface area contributed by atoms with E-state index >= 15 is 0 Å². The normalized spacial score (nSPS) is 10.1. The lowest BCUT2D eigenvalue weighted by Gasteiger charge is -2.04. The summed E-state index contributed by atoms with van der Waals surface area (Å²) in [4.78, 5) is 9.77. The molecule has 16 heavy (non-hydrogen) atoms. The van der Waals surface area contributed by atoms with Crippen molar-refractivity contribution in [2.45, 2.75) is 16.8 Å². The Bertz CT molecular complexity index is 445. The van der Waals surface area contributed by atoms with Crippen molar-refractivity contribution < 1.29 is 0 Å². The first-order valence-electron chi connectivity index (χ1n) is 5.17. The fraction of sp³-hybridized carbons (Fsp3) is 0.167. The Labute approximate surface area is 99.3 Å². The van der Waals surface area contributed by atoms with Crippen LogP contribution in [0.15, 0.2) is 52.6 Å². The summed E-state index contributed by atoms with van der Waals surface area (Å²) in [5.74, 6) is 0.823. The highest BCUT2D eigenvalue weighted by molar-refractivity contribution is 7.99. The Kier molecular flexibility index (Phi) is 3.77. The van der Waals surface area contributed by atoms with E-state index < -0.39 is 0 Å². The van der Waals surface area contributed by atoms with E-state index in [4.69, 9.17) is 0 Å². The van der Waals surface area contributed by atoms with Crippen LogP contribution >= 0.6 is 11.8 Å². The average molecular weight is 231 g/mol. The zero-order valence-electron chi connectivity index (χ0n) is 9.05. The van der Waals surface area contributed by atoms with E-state index in [1.807, 2.05) is 25.1 Å². The highest BCUT2D eigenvalue weighted by Gasteiger charge is 2.00. The van der Waals surface area contributed by atoms with Crippen LogP contribution < -0.4 is 5.32 Å². The van der Waals surface area contributed by atoms with Gasteiger partial charge >= 0.3 is 0 Å². The molecule has 2 aromatic rings. The molecule has 3 nitrogen and oxygen atoms in total. The van der Waals surface area contributed by atoms with Gasteiger partial charge in [0.1, 0.15) is 10.8 Å². The molecule has 0 spiro atoms. The smallest absolute Gasteiger partial charge is 0.145 e. The van der Waals surface area contributed by atoms with E-state index in [0.717, 1.165) is 17.4 Å². The summed E-state index contributed by atoms with van der Waals surface area (Å²) in [6.45, 7) is 2.90. The van der Waals surface area contributed by atoms with Crippen molar-refractivity contribution in [1.29, 1.82) is 0 Å². The van der Waals surface area contributed by atoms with Gasteiger partial charge in [0.2, 0.25) is 0 Å². The topological polar surface area (TPSA) is 37.8 Å². The van der Waals surface area contributed by atoms with Gasteiger partial charge in [0.15, 0.2) is 0 Å². The predicted octanol–water partition coefficient (Wildman–Crippen LogP) is 3.06. The zero-order chi connectivity index (χ0) is 11.2. The van der Waals surface area contributed by atoms with Gasteiger partial charge in [0.05, 0.1) is 12.4 Å². The number of hydrogen-bond acceptors (Lipinski definition) is 4. The molecule has 0 saturated heterocycles. The molecule has 0 aliphatic heterocycles. The fourth-order valence-electron chi connectivity index (χ4n) is 1.27. The maximum absolute atomic E-state index is 4.45. The van der Waals surface area contributed by atoms with Crippen LogP contribution in [-0.4, -0.2) is 16.5 Å². The second-order valence-corrected chi connectivity index (χ2v) is 4.28. The molecular weight excluding hydrogens is 218 g/mol. The Morgan fingerprint density at radius 2 is 2.00 bits per heavy atom. The molecule has 4 heteroatoms. The lowest BCUT2D eigenvalue weighted by atomic mass is 10.4. The third-order valence-corrected chi connectivity index (χ3v) is 2.85. The Morgan fingerprint density at radius 1 is 1.19 bits per heavy atom. The van der Waals surface area contributed by atoms with Crippen molar-refractivity contribution in [2.75, 3.05) is 11.9 Å². The van der Waals surface area contributed by atoms with Crippen LogP contribution in [0.4, 0.5) is 5.82 Å². The average Bonchev–Trinajstić information content (AvgIpc) is 2.31. The van der Waals surface area contributed by atoms with Gasteiger partial charge in [-0.15, -0.1) is 0 Å². The van der Waals surface area contributed by atoms with Crippen molar-refractivity contribution in [2.24, 2.45) is 0 Å². The summed E-state index contributed by atoms with van der Waals surface area (Å²) in [6.07, 6.45) is 3.51. The molecule has 0 amide bonds. The Morgan fingerprint density at radius 3 is 2.75 bits per heavy atom. The molecule has 0 aliphatic carbocycles. The Balaban J connectivity index is 2.12. The van der Waals surface area contributed by atoms with Crippen LogP contribution in [0.3, 0.4) is 0 Å². The second-order valence-electron chi connectivity index (χ2n) is 3.19. The molecule has 1 aromatic carbocycles. The van der Waals surface area contributed by atoms with Crippen LogP contribution in [0.5, 0.6) is 0 Å². The van der Waals surface area contributed by atoms with E-state index in [2.05, 4.69) is 27.4 Å². The number of rotatable bonds is 4. The number of benzene rings is 1. The molecule has 2 rings (SSSR count). The Hall–Kier alpha value is -1.55. The monoisotopic (exact) mass is 231 g/mol. The molecule has 0 aliphatic rings. The van der Waals surface area contributed by atoms with Crippen LogP contribution in [0.25, 0.3) is 0 Å². The largest absolute Gasteiger partial charge is 0.369 e. The maximum Gasteiger partial charge on any atom is 0.145 e. The molecule has 1 heterocycles. The first-order chi connectivity index (χ1) is 7.88. The number of hydrogen-bond donors (Lipinski definition) is 1. The van der Waals surface area contributed by atoms with E-state index in [0.29, 0.717) is 0 Å². The minimum atomic E-state index is 0.823. The molecule has 0 fully saturated rings. The van der Waals surface area contributed by atoms with Gasteiger partial charge in [0.25, 0.3) is 0 Å². The lowest BCUT2D eigenvalue weighted by molar-refractivity contribution is 1.03. The van der Waals surface area contributed by atoms with E-state index in [1.165, 1.54) is 4.90 Å². The predicted molar refractivity (Wildman–Crippen MR) is 66.8 cm³/mol. The van der Waals surface area contributed by atoms with E-state index in [1.54, 1.807) is 24.2 Å². The molecule has 0 bridgehead atoms. The summed E-state index contributed by atoms with van der Waals surface area (Å²) in [6, 6.07) is 10.2. The van der Waals surface area contributed by atoms with E-state index in [9.17, 15) is 0 Å². The van der Waals surface area contributed by atoms with Gasteiger partial charge in [-0.05, 0) is 19.1 Å². The molecule has 1 N–H and O–H groups in total. The number of anilines is 1. The van der Waals surface area contributed by atoms with Crippen molar-refractivity contribution in [3.63, 3.8) is 0 Å². The maximum atomic E-state index is 4.45. The number of aromatic nitrogens is 2. The lowest BCUT2D eigenvalue weighted by Crippen LogP contribution is -2.00. The molecule has 82 valence electrons. The first-order valence-corrected chi connectivity index (χ1v) is 5.99. The van der Waals surface area contributed by atoms with Crippen LogP contribution in [0.2, 0.25) is 0 Å². The zero-order valence-corrected chi connectivity index (χ0v) is 9.87. The van der Waals surface area contributed by atoms with Crippen molar-refractivity contribution in [1.82, 2.24) is 9.97 Å². The van der Waals surface area contributed by atoms with Crippen LogP contribution in [0, 0.1) is 0 Å². The third kappa shape index (κ3) is 2.97. The summed E-state index contributed by atoms with van der Waals surface area (Å²) in [7, 11) is 0. The summed E-state index contributed by atoms with van der Waals surface area (Å²) in [5, 5.41) is 4.05. The SMILES string of the molecule is CCNc1cncc(Sc2ccccc2)n1. The first kappa shape index (κ1) is 11.0. The van der Waals surface area contributed by atoms with Gasteiger partial charge in [-0.2, -0.15) is 0 Å². The fourth-order valence-corrected chi connectivity index (χ4v) is 2.07. The highest BCUT2D eigenvalue weighted by Crippen LogP contribution is 2.25. The standard InChI is InChI=1S/C12H13N3S/c1-2-14-11-8-13-9-12(15-11)16-10-6-4-3-5-7-10/h3-9H,2H2,1H3,(H,14,15). The van der Waals surface area contributed by atoms with Gasteiger partial charge in [-0.1, -0.05) is 30.0 Å². The molecular formula is C12H13N3S. The summed E-state index contributed by atoms with van der Waals surface area (Å²) in [5.41, 5.74) is 0. The van der Waals surface area contributed by atoms with Gasteiger partial charge < -0.3 is 5.32 Å². The molecule has 0 atom stereocenters. The van der Waals surface area contributed by atoms with Gasteiger partial charge in [-0.3, -0.25) is 4.98 Å². The highest BCUT2D eigenvalue weighted by atomic mass is 32.2. The summed E-state index contributed by atoms with van der Waals surface area (Å²) >= 11 is 1.61. The van der Waals surface area contributed by atoms with Gasteiger partial charge in [0, 0.05) is 11.4 Å². The van der Waals surface area contributed by atoms with Crippen molar-refractivity contribution in [3.8, 4) is 0 Å². The van der Waals surface area contributed by atoms with Crippen molar-refractivity contribution >= 4 is 17.6 Å². The summed E-state index contributed by atoms with van der Waals surface area (Å²) < 4.78 is 0. The number of nitrogens with zero attached hydrogens (tertiary/aromatic N) is 2. The quantitative estimate of drug-likeness (QED) is 0.877. The number of nitrogens with one attached hydrogen (secondary N) is 1. The molecule has 0 saturated carbocycles. The van der Waals surface area contributed by atoms with E-state index in [-0.39, 0.29) is 0 Å². The molecule has 0 radical (unpaired) electrons. The minimum absolute atomic E-state index is 0.823. The molecule has 1 aromatic heterocycles. The second kappa shape index (κ2) is 5.51. The van der Waals surface area contributed by atoms with Gasteiger partial charge in [-0.25, -0.2) is 4.98 Å². The van der Waals surface area contributed by atoms with Crippen LogP contribution in [0.1, 0.15) is 6.92 Å². The third-order valence-electron chi connectivity index (χ3n) is 1.94.